The summed E-state index contributed by atoms with van der Waals surface area (Å²) in [5.74, 6) is -1.35. The molecule has 0 bridgehead atoms. The predicted molar refractivity (Wildman–Crippen MR) is 52.8 cm³/mol. The summed E-state index contributed by atoms with van der Waals surface area (Å²) < 4.78 is 6.30. The van der Waals surface area contributed by atoms with Crippen LogP contribution in [-0.2, 0) is 4.74 Å². The van der Waals surface area contributed by atoms with E-state index in [4.69, 9.17) is 9.84 Å². The second-order valence-electron chi connectivity index (χ2n) is 3.53. The van der Waals surface area contributed by atoms with E-state index in [9.17, 15) is 14.4 Å². The highest BCUT2D eigenvalue weighted by atomic mass is 16.5. The zero-order chi connectivity index (χ0) is 11.7. The van der Waals surface area contributed by atoms with Crippen LogP contribution in [0.4, 0.5) is 0 Å². The lowest BCUT2D eigenvalue weighted by atomic mass is 10.2. The molecule has 0 spiro atoms. The van der Waals surface area contributed by atoms with Crippen molar-refractivity contribution >= 4 is 5.97 Å². The summed E-state index contributed by atoms with van der Waals surface area (Å²) >= 11 is 0. The van der Waals surface area contributed by atoms with E-state index in [2.05, 4.69) is 0 Å². The maximum Gasteiger partial charge on any atom is 0.342 e. The van der Waals surface area contributed by atoms with Gasteiger partial charge in [0.1, 0.15) is 5.56 Å². The smallest absolute Gasteiger partial charge is 0.342 e. The first-order valence-electron chi connectivity index (χ1n) is 4.76. The molecule has 1 aliphatic rings. The summed E-state index contributed by atoms with van der Waals surface area (Å²) in [5.41, 5.74) is -1.93. The Labute approximate surface area is 89.3 Å². The van der Waals surface area contributed by atoms with Crippen molar-refractivity contribution < 1.29 is 14.6 Å². The van der Waals surface area contributed by atoms with Gasteiger partial charge < -0.3 is 9.84 Å². The van der Waals surface area contributed by atoms with Gasteiger partial charge in [0.2, 0.25) is 0 Å². The van der Waals surface area contributed by atoms with E-state index in [1.165, 1.54) is 4.57 Å². The van der Waals surface area contributed by atoms with E-state index in [0.29, 0.717) is 19.6 Å². The summed E-state index contributed by atoms with van der Waals surface area (Å²) in [5, 5.41) is 8.76. The molecule has 7 nitrogen and oxygen atoms in total. The Morgan fingerprint density at radius 3 is 2.88 bits per heavy atom. The minimum absolute atomic E-state index is 0.206. The summed E-state index contributed by atoms with van der Waals surface area (Å²) in [7, 11) is 0. The Morgan fingerprint density at radius 2 is 2.31 bits per heavy atom. The van der Waals surface area contributed by atoms with Gasteiger partial charge in [-0.1, -0.05) is 0 Å². The zero-order valence-corrected chi connectivity index (χ0v) is 8.30. The van der Waals surface area contributed by atoms with Gasteiger partial charge >= 0.3 is 11.7 Å². The molecule has 0 aliphatic carbocycles. The summed E-state index contributed by atoms with van der Waals surface area (Å²) in [4.78, 5) is 35.3. The number of ether oxygens (including phenoxy) is 1. The molecule has 1 aliphatic heterocycles. The molecule has 1 aromatic heterocycles. The van der Waals surface area contributed by atoms with Gasteiger partial charge in [0, 0.05) is 12.8 Å². The number of aromatic amines is 1. The fourth-order valence-corrected chi connectivity index (χ4v) is 1.65. The van der Waals surface area contributed by atoms with Crippen LogP contribution in [0.5, 0.6) is 0 Å². The summed E-state index contributed by atoms with van der Waals surface area (Å²) in [6, 6.07) is -0.206. The number of carboxylic acid groups (broad SMARTS) is 1. The second kappa shape index (κ2) is 3.93. The van der Waals surface area contributed by atoms with Gasteiger partial charge in [0.25, 0.3) is 5.56 Å². The highest BCUT2D eigenvalue weighted by molar-refractivity contribution is 5.86. The van der Waals surface area contributed by atoms with Crippen LogP contribution in [-0.4, -0.2) is 33.8 Å². The van der Waals surface area contributed by atoms with E-state index in [1.807, 2.05) is 4.98 Å². The van der Waals surface area contributed by atoms with Crippen LogP contribution in [0.3, 0.4) is 0 Å². The van der Waals surface area contributed by atoms with E-state index >= 15 is 0 Å². The molecule has 0 radical (unpaired) electrons. The van der Waals surface area contributed by atoms with Crippen molar-refractivity contribution in [3.63, 3.8) is 0 Å². The van der Waals surface area contributed by atoms with Crippen LogP contribution in [0.2, 0.25) is 0 Å². The molecule has 1 aromatic rings. The number of aromatic carboxylic acids is 1. The van der Waals surface area contributed by atoms with Crippen LogP contribution in [0.25, 0.3) is 0 Å². The Balaban J connectivity index is 2.53. The molecule has 86 valence electrons. The average molecular weight is 226 g/mol. The third kappa shape index (κ3) is 1.76. The third-order valence-corrected chi connectivity index (χ3v) is 2.50. The number of nitrogens with zero attached hydrogens (tertiary/aromatic N) is 1. The van der Waals surface area contributed by atoms with Crippen molar-refractivity contribution in [1.29, 1.82) is 0 Å². The van der Waals surface area contributed by atoms with Gasteiger partial charge in [0.15, 0.2) is 0 Å². The van der Waals surface area contributed by atoms with Crippen LogP contribution in [0.15, 0.2) is 15.8 Å². The Bertz CT molecular complexity index is 523. The molecule has 1 atom stereocenters. The van der Waals surface area contributed by atoms with Gasteiger partial charge in [-0.25, -0.2) is 9.59 Å². The Hall–Kier alpha value is -1.89. The van der Waals surface area contributed by atoms with Crippen LogP contribution in [0, 0.1) is 0 Å². The minimum atomic E-state index is -1.35. The number of carboxylic acids is 1. The minimum Gasteiger partial charge on any atom is -0.477 e. The summed E-state index contributed by atoms with van der Waals surface area (Å²) in [6.45, 7) is 0.879. The van der Waals surface area contributed by atoms with Crippen molar-refractivity contribution in [3.05, 3.63) is 32.6 Å². The molecule has 2 N–H and O–H groups in total. The van der Waals surface area contributed by atoms with Gasteiger partial charge in [-0.15, -0.1) is 0 Å². The van der Waals surface area contributed by atoms with Crippen molar-refractivity contribution in [3.8, 4) is 0 Å². The zero-order valence-electron chi connectivity index (χ0n) is 8.30. The first-order valence-corrected chi connectivity index (χ1v) is 4.76. The number of carbonyl (C=O) groups is 1. The Kier molecular flexibility index (Phi) is 2.61. The van der Waals surface area contributed by atoms with E-state index < -0.39 is 22.8 Å². The Morgan fingerprint density at radius 1 is 1.56 bits per heavy atom. The van der Waals surface area contributed by atoms with Crippen LogP contribution < -0.4 is 11.2 Å². The van der Waals surface area contributed by atoms with Crippen LogP contribution >= 0.6 is 0 Å². The molecule has 0 saturated carbocycles. The second-order valence-corrected chi connectivity index (χ2v) is 3.53. The van der Waals surface area contributed by atoms with Crippen molar-refractivity contribution in [1.82, 2.24) is 9.55 Å². The quantitative estimate of drug-likeness (QED) is 0.687. The lowest BCUT2D eigenvalue weighted by Crippen LogP contribution is -2.35. The fraction of sp³-hybridized carbons (Fsp3) is 0.444. The molecule has 1 unspecified atom stereocenters. The molecular formula is C9H10N2O5. The standard InChI is InChI=1S/C9H10N2O5/c12-7-6(8(13)14)3-11(9(15)10-7)5-1-2-16-4-5/h3,5H,1-2,4H2,(H,13,14)(H,10,12,15). The van der Waals surface area contributed by atoms with Gasteiger partial charge in [-0.3, -0.25) is 14.3 Å². The first-order chi connectivity index (χ1) is 7.59. The number of hydrogen-bond donors (Lipinski definition) is 2. The maximum atomic E-state index is 11.5. The lowest BCUT2D eigenvalue weighted by molar-refractivity contribution is 0.0693. The van der Waals surface area contributed by atoms with E-state index in [1.54, 1.807) is 0 Å². The molecule has 2 heterocycles. The molecule has 7 heteroatoms. The fourth-order valence-electron chi connectivity index (χ4n) is 1.65. The van der Waals surface area contributed by atoms with E-state index in [0.717, 1.165) is 6.20 Å². The molecule has 0 aromatic carbocycles. The first kappa shape index (κ1) is 10.6. The van der Waals surface area contributed by atoms with Crippen LogP contribution in [0.1, 0.15) is 22.8 Å². The molecular weight excluding hydrogens is 216 g/mol. The third-order valence-electron chi connectivity index (χ3n) is 2.50. The summed E-state index contributed by atoms with van der Waals surface area (Å²) in [6.07, 6.45) is 1.70. The number of hydrogen-bond acceptors (Lipinski definition) is 4. The number of H-pyrrole nitrogens is 1. The SMILES string of the molecule is O=C(O)c1cn(C2CCOC2)c(=O)[nH]c1=O. The van der Waals surface area contributed by atoms with Gasteiger partial charge in [-0.2, -0.15) is 0 Å². The molecule has 0 amide bonds. The maximum absolute atomic E-state index is 11.5. The van der Waals surface area contributed by atoms with Crippen molar-refractivity contribution in [2.45, 2.75) is 12.5 Å². The predicted octanol–water partition coefficient (Wildman–Crippen LogP) is -0.804. The molecule has 1 saturated heterocycles. The normalized spacial score (nSPS) is 19.9. The lowest BCUT2D eigenvalue weighted by Gasteiger charge is -2.11. The monoisotopic (exact) mass is 226 g/mol. The molecule has 16 heavy (non-hydrogen) atoms. The van der Waals surface area contributed by atoms with Crippen molar-refractivity contribution in [2.24, 2.45) is 0 Å². The number of aromatic nitrogens is 2. The highest BCUT2D eigenvalue weighted by Gasteiger charge is 2.21. The highest BCUT2D eigenvalue weighted by Crippen LogP contribution is 2.16. The van der Waals surface area contributed by atoms with Gasteiger partial charge in [-0.05, 0) is 6.42 Å². The topological polar surface area (TPSA) is 101 Å². The molecule has 1 fully saturated rings. The van der Waals surface area contributed by atoms with E-state index in [-0.39, 0.29) is 6.04 Å². The largest absolute Gasteiger partial charge is 0.477 e. The number of rotatable bonds is 2. The number of nitrogens with one attached hydrogen (secondary N) is 1. The van der Waals surface area contributed by atoms with Gasteiger partial charge in [0.05, 0.1) is 12.6 Å². The average Bonchev–Trinajstić information content (AvgIpc) is 2.70. The molecule has 2 rings (SSSR count). The van der Waals surface area contributed by atoms with Crippen molar-refractivity contribution in [2.75, 3.05) is 13.2 Å².